The fourth-order valence-corrected chi connectivity index (χ4v) is 3.65. The summed E-state index contributed by atoms with van der Waals surface area (Å²) in [4.78, 5) is 31.0. The topological polar surface area (TPSA) is 66.2 Å². The molecule has 0 radical (unpaired) electrons. The number of benzene rings is 1. The molecule has 0 N–H and O–H groups in total. The van der Waals surface area contributed by atoms with Crippen molar-refractivity contribution in [2.75, 3.05) is 52.9 Å². The number of carbonyl (C=O) groups is 2. The van der Waals surface area contributed by atoms with Crippen molar-refractivity contribution in [3.8, 4) is 5.75 Å². The van der Waals surface area contributed by atoms with Crippen molar-refractivity contribution >= 4 is 22.8 Å². The number of hydrogen-bond donors (Lipinski definition) is 0. The lowest BCUT2D eigenvalue weighted by Gasteiger charge is -2.34. The van der Waals surface area contributed by atoms with Gasteiger partial charge in [0.05, 0.1) is 13.7 Å². The molecule has 0 saturated carbocycles. The first kappa shape index (κ1) is 20.2. The molecule has 0 bridgehead atoms. The summed E-state index contributed by atoms with van der Waals surface area (Å²) in [5, 5.41) is 0.895. The number of nitrogens with zero attached hydrogens (tertiary/aromatic N) is 3. The third-order valence-electron chi connectivity index (χ3n) is 5.47. The van der Waals surface area contributed by atoms with Crippen LogP contribution in [0.1, 0.15) is 30.0 Å². The fourth-order valence-electron chi connectivity index (χ4n) is 3.65. The lowest BCUT2D eigenvalue weighted by Crippen LogP contribution is -2.51. The number of likely N-dealkylation sites (N-methyl/N-ethyl adjacent to an activating group) is 1. The average Bonchev–Trinajstić information content (AvgIpc) is 3.05. The van der Waals surface area contributed by atoms with E-state index in [2.05, 4.69) is 4.90 Å². The molecule has 1 fully saturated rings. The first-order valence-corrected chi connectivity index (χ1v) is 9.85. The Kier molecular flexibility index (Phi) is 6.24. The van der Waals surface area contributed by atoms with Gasteiger partial charge < -0.3 is 19.0 Å². The monoisotopic (exact) mass is 387 g/mol. The Labute approximate surface area is 165 Å². The van der Waals surface area contributed by atoms with E-state index in [4.69, 9.17) is 9.15 Å². The Balaban J connectivity index is 1.65. The predicted molar refractivity (Wildman–Crippen MR) is 108 cm³/mol. The highest BCUT2D eigenvalue weighted by atomic mass is 16.5. The van der Waals surface area contributed by atoms with Crippen LogP contribution in [0.15, 0.2) is 22.6 Å². The number of hydrogen-bond acceptors (Lipinski definition) is 5. The lowest BCUT2D eigenvalue weighted by molar-refractivity contribution is -0.132. The van der Waals surface area contributed by atoms with Crippen LogP contribution in [0.5, 0.6) is 5.75 Å². The quantitative estimate of drug-likeness (QED) is 0.761. The molecule has 1 aliphatic heterocycles. The second-order valence-corrected chi connectivity index (χ2v) is 7.05. The van der Waals surface area contributed by atoms with E-state index < -0.39 is 0 Å². The molecule has 152 valence electrons. The molecule has 0 spiro atoms. The molecule has 2 aromatic rings. The molecule has 0 unspecified atom stereocenters. The molecular formula is C21H29N3O4. The summed E-state index contributed by atoms with van der Waals surface area (Å²) in [6, 6.07) is 5.54. The number of aryl methyl sites for hydroxylation is 1. The van der Waals surface area contributed by atoms with Gasteiger partial charge in [-0.25, -0.2) is 0 Å². The van der Waals surface area contributed by atoms with E-state index in [1.165, 1.54) is 0 Å². The van der Waals surface area contributed by atoms with Crippen LogP contribution in [0.25, 0.3) is 11.0 Å². The normalized spacial score (nSPS) is 15.1. The minimum atomic E-state index is -0.0950. The van der Waals surface area contributed by atoms with Crippen LogP contribution in [-0.2, 0) is 4.79 Å². The summed E-state index contributed by atoms with van der Waals surface area (Å²) in [6.45, 7) is 10.3. The van der Waals surface area contributed by atoms with Crippen LogP contribution in [0, 0.1) is 6.92 Å². The average molecular weight is 387 g/mol. The van der Waals surface area contributed by atoms with Crippen LogP contribution in [-0.4, -0.2) is 79.4 Å². The molecule has 1 aliphatic rings. The van der Waals surface area contributed by atoms with Gasteiger partial charge in [-0.05, 0) is 39.0 Å². The third kappa shape index (κ3) is 3.99. The summed E-state index contributed by atoms with van der Waals surface area (Å²) < 4.78 is 11.1. The van der Waals surface area contributed by atoms with Crippen LogP contribution >= 0.6 is 0 Å². The summed E-state index contributed by atoms with van der Waals surface area (Å²) in [5.74, 6) is 1.17. The SMILES string of the molecule is CCN(CC)C(=O)CN1CCN(C(=O)c2oc3ccc(OC)cc3c2C)CC1. The maximum absolute atomic E-state index is 13.0. The second-order valence-electron chi connectivity index (χ2n) is 7.05. The Hall–Kier alpha value is -2.54. The molecular weight excluding hydrogens is 358 g/mol. The van der Waals surface area contributed by atoms with Gasteiger partial charge in [-0.3, -0.25) is 14.5 Å². The molecule has 1 aromatic heterocycles. The van der Waals surface area contributed by atoms with E-state index in [-0.39, 0.29) is 11.8 Å². The van der Waals surface area contributed by atoms with Crippen molar-refractivity contribution in [1.82, 2.24) is 14.7 Å². The number of amides is 2. The molecule has 7 heteroatoms. The summed E-state index contributed by atoms with van der Waals surface area (Å²) in [5.41, 5.74) is 1.52. The van der Waals surface area contributed by atoms with E-state index in [9.17, 15) is 9.59 Å². The number of methoxy groups -OCH3 is 1. The van der Waals surface area contributed by atoms with Gasteiger partial charge in [0.2, 0.25) is 5.91 Å². The molecule has 0 aliphatic carbocycles. The van der Waals surface area contributed by atoms with Gasteiger partial charge in [-0.1, -0.05) is 0 Å². The Morgan fingerprint density at radius 1 is 1.14 bits per heavy atom. The number of ether oxygens (including phenoxy) is 1. The lowest BCUT2D eigenvalue weighted by atomic mass is 10.1. The third-order valence-corrected chi connectivity index (χ3v) is 5.47. The number of furan rings is 1. The van der Waals surface area contributed by atoms with Crippen molar-refractivity contribution in [1.29, 1.82) is 0 Å². The van der Waals surface area contributed by atoms with E-state index in [0.29, 0.717) is 44.1 Å². The molecule has 28 heavy (non-hydrogen) atoms. The van der Waals surface area contributed by atoms with Gasteiger partial charge in [0.25, 0.3) is 5.91 Å². The second kappa shape index (κ2) is 8.65. The minimum Gasteiger partial charge on any atom is -0.497 e. The molecule has 1 saturated heterocycles. The van der Waals surface area contributed by atoms with Crippen LogP contribution in [0.3, 0.4) is 0 Å². The number of fused-ring (bicyclic) bond motifs is 1. The highest BCUT2D eigenvalue weighted by Crippen LogP contribution is 2.29. The number of rotatable bonds is 6. The van der Waals surface area contributed by atoms with E-state index in [1.807, 2.05) is 43.9 Å². The summed E-state index contributed by atoms with van der Waals surface area (Å²) in [6.07, 6.45) is 0. The van der Waals surface area contributed by atoms with Crippen molar-refractivity contribution < 1.29 is 18.7 Å². The van der Waals surface area contributed by atoms with Crippen molar-refractivity contribution in [3.05, 3.63) is 29.5 Å². The maximum Gasteiger partial charge on any atom is 0.289 e. The predicted octanol–water partition coefficient (Wildman–Crippen LogP) is 2.38. The van der Waals surface area contributed by atoms with Gasteiger partial charge in [0, 0.05) is 50.2 Å². The van der Waals surface area contributed by atoms with Gasteiger partial charge >= 0.3 is 0 Å². The first-order chi connectivity index (χ1) is 13.5. The van der Waals surface area contributed by atoms with Crippen LogP contribution < -0.4 is 4.74 Å². The van der Waals surface area contributed by atoms with Crippen LogP contribution in [0.2, 0.25) is 0 Å². The zero-order chi connectivity index (χ0) is 20.3. The molecule has 2 amide bonds. The van der Waals surface area contributed by atoms with E-state index >= 15 is 0 Å². The van der Waals surface area contributed by atoms with Gasteiger partial charge in [-0.2, -0.15) is 0 Å². The van der Waals surface area contributed by atoms with E-state index in [1.54, 1.807) is 12.0 Å². The molecule has 1 aromatic carbocycles. The van der Waals surface area contributed by atoms with Gasteiger partial charge in [0.1, 0.15) is 11.3 Å². The van der Waals surface area contributed by atoms with Gasteiger partial charge in [0.15, 0.2) is 5.76 Å². The van der Waals surface area contributed by atoms with Gasteiger partial charge in [-0.15, -0.1) is 0 Å². The standard InChI is InChI=1S/C21H29N3O4/c1-5-23(6-2)19(25)14-22-9-11-24(12-10-22)21(26)20-15(3)17-13-16(27-4)7-8-18(17)28-20/h7-8,13H,5-6,9-12,14H2,1-4H3. The largest absolute Gasteiger partial charge is 0.497 e. The number of carbonyl (C=O) groups excluding carboxylic acids is 2. The fraction of sp³-hybridized carbons (Fsp3) is 0.524. The zero-order valence-corrected chi connectivity index (χ0v) is 17.2. The van der Waals surface area contributed by atoms with E-state index in [0.717, 1.165) is 29.8 Å². The molecule has 7 nitrogen and oxygen atoms in total. The minimum absolute atomic E-state index is 0.0950. The van der Waals surface area contributed by atoms with Crippen LogP contribution in [0.4, 0.5) is 0 Å². The zero-order valence-electron chi connectivity index (χ0n) is 17.2. The maximum atomic E-state index is 13.0. The number of piperazine rings is 1. The molecule has 0 atom stereocenters. The molecule has 2 heterocycles. The smallest absolute Gasteiger partial charge is 0.289 e. The Bertz CT molecular complexity index is 849. The Morgan fingerprint density at radius 3 is 2.43 bits per heavy atom. The highest BCUT2D eigenvalue weighted by molar-refractivity contribution is 5.99. The Morgan fingerprint density at radius 2 is 1.82 bits per heavy atom. The molecule has 3 rings (SSSR count). The highest BCUT2D eigenvalue weighted by Gasteiger charge is 2.28. The first-order valence-electron chi connectivity index (χ1n) is 9.85. The van der Waals surface area contributed by atoms with Crippen molar-refractivity contribution in [2.45, 2.75) is 20.8 Å². The van der Waals surface area contributed by atoms with Crippen molar-refractivity contribution in [3.63, 3.8) is 0 Å². The summed E-state index contributed by atoms with van der Waals surface area (Å²) in [7, 11) is 1.62. The van der Waals surface area contributed by atoms with Crippen molar-refractivity contribution in [2.24, 2.45) is 0 Å². The summed E-state index contributed by atoms with van der Waals surface area (Å²) >= 11 is 0.